The summed E-state index contributed by atoms with van der Waals surface area (Å²) in [6, 6.07) is 8.99. The number of ether oxygens (including phenoxy) is 1. The fourth-order valence-corrected chi connectivity index (χ4v) is 1.57. The summed E-state index contributed by atoms with van der Waals surface area (Å²) < 4.78 is 5.30. The molecule has 0 aliphatic rings. The van der Waals surface area contributed by atoms with Crippen LogP contribution in [0.1, 0.15) is 31.1 Å². The highest BCUT2D eigenvalue weighted by Gasteiger charge is 2.22. The summed E-state index contributed by atoms with van der Waals surface area (Å²) in [7, 11) is 0. The largest absolute Gasteiger partial charge is 0.494 e. The molecule has 0 fully saturated rings. The molecule has 3 heteroatoms. The van der Waals surface area contributed by atoms with Crippen molar-refractivity contribution in [1.29, 1.82) is 5.26 Å². The molecule has 3 nitrogen and oxygen atoms in total. The average Bonchev–Trinajstić information content (AvgIpc) is 2.30. The van der Waals surface area contributed by atoms with E-state index in [1.54, 1.807) is 24.3 Å². The van der Waals surface area contributed by atoms with Gasteiger partial charge in [-0.05, 0) is 37.1 Å². The second-order valence-corrected chi connectivity index (χ2v) is 4.17. The van der Waals surface area contributed by atoms with Gasteiger partial charge >= 0.3 is 0 Å². The van der Waals surface area contributed by atoms with E-state index in [9.17, 15) is 4.79 Å². The SMILES string of the molecule is CCOc1ccc(C(=O)C(C#N)C(C)C)cc1. The number of ketones is 1. The number of Topliss-reactive ketones (excluding diaryl/α,β-unsaturated/α-hetero) is 1. The van der Waals surface area contributed by atoms with Gasteiger partial charge in [0.1, 0.15) is 11.7 Å². The van der Waals surface area contributed by atoms with Crippen LogP contribution in [-0.2, 0) is 0 Å². The van der Waals surface area contributed by atoms with E-state index in [2.05, 4.69) is 6.07 Å². The minimum absolute atomic E-state index is 0.0269. The number of rotatable bonds is 5. The first-order valence-electron chi connectivity index (χ1n) is 5.76. The minimum Gasteiger partial charge on any atom is -0.494 e. The van der Waals surface area contributed by atoms with E-state index in [0.717, 1.165) is 5.75 Å². The molecule has 0 amide bonds. The first-order chi connectivity index (χ1) is 8.10. The van der Waals surface area contributed by atoms with Gasteiger partial charge in [0, 0.05) is 5.56 Å². The summed E-state index contributed by atoms with van der Waals surface area (Å²) in [5.74, 6) is 0.0691. The number of carbonyl (C=O) groups excluding carboxylic acids is 1. The van der Waals surface area contributed by atoms with Crippen molar-refractivity contribution < 1.29 is 9.53 Å². The quantitative estimate of drug-likeness (QED) is 0.732. The number of benzene rings is 1. The molecule has 17 heavy (non-hydrogen) atoms. The zero-order chi connectivity index (χ0) is 12.8. The van der Waals surface area contributed by atoms with Crippen molar-refractivity contribution in [3.63, 3.8) is 0 Å². The average molecular weight is 231 g/mol. The molecule has 0 aliphatic carbocycles. The molecule has 90 valence electrons. The van der Waals surface area contributed by atoms with Crippen LogP contribution in [0.5, 0.6) is 5.75 Å². The number of carbonyl (C=O) groups is 1. The highest BCUT2D eigenvalue weighted by atomic mass is 16.5. The lowest BCUT2D eigenvalue weighted by atomic mass is 9.89. The Bertz CT molecular complexity index is 415. The molecule has 1 aromatic rings. The maximum absolute atomic E-state index is 12.0. The monoisotopic (exact) mass is 231 g/mol. The highest BCUT2D eigenvalue weighted by molar-refractivity contribution is 5.99. The highest BCUT2D eigenvalue weighted by Crippen LogP contribution is 2.19. The topological polar surface area (TPSA) is 50.1 Å². The molecule has 1 atom stereocenters. The molecule has 0 bridgehead atoms. The van der Waals surface area contributed by atoms with Crippen LogP contribution < -0.4 is 4.74 Å². The summed E-state index contributed by atoms with van der Waals surface area (Å²) in [6.07, 6.45) is 0. The lowest BCUT2D eigenvalue weighted by Gasteiger charge is -2.11. The van der Waals surface area contributed by atoms with Gasteiger partial charge in [0.15, 0.2) is 5.78 Å². The van der Waals surface area contributed by atoms with Crippen LogP contribution in [0, 0.1) is 23.2 Å². The van der Waals surface area contributed by atoms with Crippen molar-refractivity contribution in [2.24, 2.45) is 11.8 Å². The summed E-state index contributed by atoms with van der Waals surface area (Å²) in [5, 5.41) is 8.97. The molecule has 0 spiro atoms. The van der Waals surface area contributed by atoms with Crippen LogP contribution in [-0.4, -0.2) is 12.4 Å². The fraction of sp³-hybridized carbons (Fsp3) is 0.429. The van der Waals surface area contributed by atoms with Crippen molar-refractivity contribution in [3.05, 3.63) is 29.8 Å². The molecule has 0 radical (unpaired) electrons. The summed E-state index contributed by atoms with van der Waals surface area (Å²) in [5.41, 5.74) is 0.564. The predicted molar refractivity (Wildman–Crippen MR) is 65.9 cm³/mol. The van der Waals surface area contributed by atoms with Gasteiger partial charge in [0.05, 0.1) is 12.7 Å². The molecule has 0 saturated heterocycles. The van der Waals surface area contributed by atoms with Crippen LogP contribution >= 0.6 is 0 Å². The van der Waals surface area contributed by atoms with E-state index >= 15 is 0 Å². The Balaban J connectivity index is 2.86. The molecule has 0 heterocycles. The third-order valence-electron chi connectivity index (χ3n) is 2.54. The zero-order valence-electron chi connectivity index (χ0n) is 10.4. The van der Waals surface area contributed by atoms with Crippen molar-refractivity contribution in [3.8, 4) is 11.8 Å². The van der Waals surface area contributed by atoms with Gasteiger partial charge in [-0.3, -0.25) is 4.79 Å². The second kappa shape index (κ2) is 6.05. The van der Waals surface area contributed by atoms with E-state index in [1.165, 1.54) is 0 Å². The molecule has 0 N–H and O–H groups in total. The van der Waals surface area contributed by atoms with Gasteiger partial charge in [-0.2, -0.15) is 5.26 Å². The molecule has 1 aromatic carbocycles. The summed E-state index contributed by atoms with van der Waals surface area (Å²) in [6.45, 7) is 6.25. The van der Waals surface area contributed by atoms with Crippen LogP contribution in [0.2, 0.25) is 0 Å². The lowest BCUT2D eigenvalue weighted by Crippen LogP contribution is -2.18. The Hall–Kier alpha value is -1.82. The van der Waals surface area contributed by atoms with E-state index in [4.69, 9.17) is 10.00 Å². The zero-order valence-corrected chi connectivity index (χ0v) is 10.4. The van der Waals surface area contributed by atoms with Crippen molar-refractivity contribution in [2.75, 3.05) is 6.61 Å². The van der Waals surface area contributed by atoms with E-state index in [1.807, 2.05) is 20.8 Å². The maximum atomic E-state index is 12.0. The van der Waals surface area contributed by atoms with Crippen LogP contribution in [0.15, 0.2) is 24.3 Å². The normalized spacial score (nSPS) is 11.9. The van der Waals surface area contributed by atoms with Gasteiger partial charge in [0.2, 0.25) is 0 Å². The molecule has 0 aliphatic heterocycles. The number of nitrogens with zero attached hydrogens (tertiary/aromatic N) is 1. The lowest BCUT2D eigenvalue weighted by molar-refractivity contribution is 0.0924. The standard InChI is InChI=1S/C14H17NO2/c1-4-17-12-7-5-11(6-8-12)14(16)13(9-15)10(2)3/h5-8,10,13H,4H2,1-3H3. The number of nitriles is 1. The van der Waals surface area contributed by atoms with Gasteiger partial charge in [-0.1, -0.05) is 13.8 Å². The Morgan fingerprint density at radius 2 is 1.94 bits per heavy atom. The predicted octanol–water partition coefficient (Wildman–Crippen LogP) is 3.06. The first-order valence-corrected chi connectivity index (χ1v) is 5.76. The molecule has 0 aromatic heterocycles. The number of hydrogen-bond acceptors (Lipinski definition) is 3. The van der Waals surface area contributed by atoms with E-state index in [-0.39, 0.29) is 11.7 Å². The van der Waals surface area contributed by atoms with Gasteiger partial charge in [-0.15, -0.1) is 0 Å². The third-order valence-corrected chi connectivity index (χ3v) is 2.54. The Morgan fingerprint density at radius 3 is 2.35 bits per heavy atom. The summed E-state index contributed by atoms with van der Waals surface area (Å²) >= 11 is 0. The molecular formula is C14H17NO2. The van der Waals surface area contributed by atoms with E-state index < -0.39 is 5.92 Å². The third kappa shape index (κ3) is 3.32. The van der Waals surface area contributed by atoms with Gasteiger partial charge in [-0.25, -0.2) is 0 Å². The molecular weight excluding hydrogens is 214 g/mol. The van der Waals surface area contributed by atoms with Crippen molar-refractivity contribution in [2.45, 2.75) is 20.8 Å². The Morgan fingerprint density at radius 1 is 1.35 bits per heavy atom. The van der Waals surface area contributed by atoms with Gasteiger partial charge < -0.3 is 4.74 Å². The molecule has 1 rings (SSSR count). The van der Waals surface area contributed by atoms with Crippen molar-refractivity contribution in [1.82, 2.24) is 0 Å². The second-order valence-electron chi connectivity index (χ2n) is 4.17. The first kappa shape index (κ1) is 13.2. The fourth-order valence-electron chi connectivity index (χ4n) is 1.57. The Labute approximate surface area is 102 Å². The van der Waals surface area contributed by atoms with Crippen LogP contribution in [0.25, 0.3) is 0 Å². The minimum atomic E-state index is -0.576. The molecule has 1 unspecified atom stereocenters. The smallest absolute Gasteiger partial charge is 0.180 e. The summed E-state index contributed by atoms with van der Waals surface area (Å²) in [4.78, 5) is 12.0. The molecule has 0 saturated carbocycles. The van der Waals surface area contributed by atoms with Crippen LogP contribution in [0.4, 0.5) is 0 Å². The number of hydrogen-bond donors (Lipinski definition) is 0. The van der Waals surface area contributed by atoms with E-state index in [0.29, 0.717) is 12.2 Å². The van der Waals surface area contributed by atoms with Gasteiger partial charge in [0.25, 0.3) is 0 Å². The van der Waals surface area contributed by atoms with Crippen molar-refractivity contribution >= 4 is 5.78 Å². The Kier molecular flexibility index (Phi) is 4.71. The maximum Gasteiger partial charge on any atom is 0.180 e. The van der Waals surface area contributed by atoms with Crippen LogP contribution in [0.3, 0.4) is 0 Å².